The van der Waals surface area contributed by atoms with Gasteiger partial charge in [0, 0.05) is 12.5 Å². The van der Waals surface area contributed by atoms with E-state index >= 15 is 0 Å². The molecule has 1 rings (SSSR count). The first kappa shape index (κ1) is 11.5. The van der Waals surface area contributed by atoms with Crippen LogP contribution in [0.5, 0.6) is 0 Å². The van der Waals surface area contributed by atoms with E-state index in [9.17, 15) is 4.79 Å². The highest BCUT2D eigenvalue weighted by atomic mass is 16.4. The highest BCUT2D eigenvalue weighted by molar-refractivity contribution is 5.66. The van der Waals surface area contributed by atoms with Crippen LogP contribution in [0.2, 0.25) is 0 Å². The topological polar surface area (TPSA) is 69.6 Å². The van der Waals surface area contributed by atoms with E-state index < -0.39 is 5.97 Å². The van der Waals surface area contributed by atoms with Crippen molar-refractivity contribution in [2.24, 2.45) is 0 Å². The van der Waals surface area contributed by atoms with Crippen LogP contribution in [0.3, 0.4) is 0 Å². The van der Waals surface area contributed by atoms with E-state index in [1.54, 1.807) is 0 Å². The fraction of sp³-hybridized carbons (Fsp3) is 0.900. The average Bonchev–Trinajstić information content (AvgIpc) is 2.07. The Balaban J connectivity index is 1.78. The molecule has 0 saturated heterocycles. The van der Waals surface area contributed by atoms with Crippen molar-refractivity contribution in [1.29, 1.82) is 0 Å². The Morgan fingerprint density at radius 1 is 1.29 bits per heavy atom. The van der Waals surface area contributed by atoms with Crippen molar-refractivity contribution >= 4 is 5.97 Å². The van der Waals surface area contributed by atoms with Gasteiger partial charge in [0.25, 0.3) is 0 Å². The maximum atomic E-state index is 10.2. The van der Waals surface area contributed by atoms with Gasteiger partial charge in [0.15, 0.2) is 0 Å². The first-order valence-corrected chi connectivity index (χ1v) is 5.31. The average molecular weight is 201 g/mol. The molecule has 1 fully saturated rings. The van der Waals surface area contributed by atoms with Gasteiger partial charge in [-0.3, -0.25) is 4.79 Å². The van der Waals surface area contributed by atoms with Crippen molar-refractivity contribution < 1.29 is 15.0 Å². The number of nitrogens with one attached hydrogen (secondary N) is 1. The van der Waals surface area contributed by atoms with Crippen LogP contribution in [0, 0.1) is 0 Å². The number of unbranched alkanes of at least 4 members (excludes halogenated alkanes) is 2. The predicted molar refractivity (Wildman–Crippen MR) is 53.1 cm³/mol. The zero-order valence-corrected chi connectivity index (χ0v) is 8.41. The fourth-order valence-electron chi connectivity index (χ4n) is 1.64. The molecule has 4 heteroatoms. The Hall–Kier alpha value is -0.610. The molecule has 14 heavy (non-hydrogen) atoms. The summed E-state index contributed by atoms with van der Waals surface area (Å²) >= 11 is 0. The zero-order valence-electron chi connectivity index (χ0n) is 8.41. The van der Waals surface area contributed by atoms with Crippen LogP contribution < -0.4 is 5.32 Å². The molecule has 4 nitrogen and oxygen atoms in total. The summed E-state index contributed by atoms with van der Waals surface area (Å²) < 4.78 is 0. The van der Waals surface area contributed by atoms with E-state index in [1.807, 2.05) is 0 Å². The molecule has 0 aromatic carbocycles. The molecule has 0 aromatic rings. The lowest BCUT2D eigenvalue weighted by atomic mass is 9.89. The van der Waals surface area contributed by atoms with E-state index in [4.69, 9.17) is 10.2 Å². The van der Waals surface area contributed by atoms with Gasteiger partial charge in [-0.1, -0.05) is 6.42 Å². The summed E-state index contributed by atoms with van der Waals surface area (Å²) in [5.74, 6) is -0.708. The molecule has 0 aromatic heterocycles. The van der Waals surface area contributed by atoms with Crippen LogP contribution in [0.25, 0.3) is 0 Å². The predicted octanol–water partition coefficient (Wildman–Crippen LogP) is 0.744. The normalized spacial score (nSPS) is 25.8. The van der Waals surface area contributed by atoms with Crippen LogP contribution in [0.1, 0.15) is 38.5 Å². The number of hydrogen-bond acceptors (Lipinski definition) is 3. The highest BCUT2D eigenvalue weighted by Crippen LogP contribution is 2.19. The number of carboxylic acids is 1. The summed E-state index contributed by atoms with van der Waals surface area (Å²) in [7, 11) is 0. The molecule has 0 unspecified atom stereocenters. The first-order chi connectivity index (χ1) is 6.68. The van der Waals surface area contributed by atoms with Crippen LogP contribution in [0.4, 0.5) is 0 Å². The van der Waals surface area contributed by atoms with E-state index in [1.165, 1.54) is 0 Å². The second-order valence-corrected chi connectivity index (χ2v) is 3.98. The van der Waals surface area contributed by atoms with E-state index in [2.05, 4.69) is 5.32 Å². The second kappa shape index (κ2) is 5.98. The van der Waals surface area contributed by atoms with Gasteiger partial charge in [0.05, 0.1) is 6.10 Å². The monoisotopic (exact) mass is 201 g/mol. The third kappa shape index (κ3) is 4.58. The van der Waals surface area contributed by atoms with Gasteiger partial charge in [0.1, 0.15) is 0 Å². The third-order valence-corrected chi connectivity index (χ3v) is 2.61. The molecule has 0 heterocycles. The van der Waals surface area contributed by atoms with Gasteiger partial charge in [-0.2, -0.15) is 0 Å². The Morgan fingerprint density at radius 3 is 2.57 bits per heavy atom. The Labute approximate surface area is 84.3 Å². The molecule has 1 saturated carbocycles. The smallest absolute Gasteiger partial charge is 0.303 e. The number of aliphatic hydroxyl groups is 1. The lowest BCUT2D eigenvalue weighted by Gasteiger charge is -2.32. The van der Waals surface area contributed by atoms with Gasteiger partial charge in [-0.25, -0.2) is 0 Å². The molecule has 0 amide bonds. The second-order valence-electron chi connectivity index (χ2n) is 3.98. The Morgan fingerprint density at radius 2 is 2.00 bits per heavy atom. The van der Waals surface area contributed by atoms with E-state index in [0.29, 0.717) is 6.04 Å². The maximum absolute atomic E-state index is 10.2. The van der Waals surface area contributed by atoms with Crippen molar-refractivity contribution in [3.63, 3.8) is 0 Å². The van der Waals surface area contributed by atoms with Gasteiger partial charge in [0.2, 0.25) is 0 Å². The van der Waals surface area contributed by atoms with E-state index in [0.717, 1.165) is 38.6 Å². The lowest BCUT2D eigenvalue weighted by Crippen LogP contribution is -2.44. The van der Waals surface area contributed by atoms with Crippen molar-refractivity contribution in [2.45, 2.75) is 50.7 Å². The number of aliphatic carboxylic acids is 1. The number of rotatable bonds is 7. The van der Waals surface area contributed by atoms with Crippen LogP contribution in [-0.4, -0.2) is 34.9 Å². The molecule has 0 aliphatic heterocycles. The van der Waals surface area contributed by atoms with Crippen LogP contribution in [-0.2, 0) is 4.79 Å². The Kier molecular flexibility index (Phi) is 4.90. The maximum Gasteiger partial charge on any atom is 0.303 e. The number of aliphatic hydroxyl groups excluding tert-OH is 1. The minimum absolute atomic E-state index is 0.0977. The lowest BCUT2D eigenvalue weighted by molar-refractivity contribution is -0.137. The molecule has 0 atom stereocenters. The summed E-state index contributed by atoms with van der Waals surface area (Å²) in [6.45, 7) is 0.941. The number of carbonyl (C=O) groups is 1. The molecule has 82 valence electrons. The summed E-state index contributed by atoms with van der Waals surface area (Å²) in [6, 6.07) is 0.490. The molecule has 1 aliphatic carbocycles. The zero-order chi connectivity index (χ0) is 10.4. The Bertz CT molecular complexity index is 178. The van der Waals surface area contributed by atoms with Crippen molar-refractivity contribution in [2.75, 3.05) is 6.54 Å². The highest BCUT2D eigenvalue weighted by Gasteiger charge is 2.25. The van der Waals surface area contributed by atoms with Crippen LogP contribution >= 0.6 is 0 Å². The molecule has 0 spiro atoms. The third-order valence-electron chi connectivity index (χ3n) is 2.61. The molecule has 3 N–H and O–H groups in total. The van der Waals surface area contributed by atoms with Crippen molar-refractivity contribution in [3.8, 4) is 0 Å². The fourth-order valence-corrected chi connectivity index (χ4v) is 1.64. The largest absolute Gasteiger partial charge is 0.481 e. The van der Waals surface area contributed by atoms with Crippen molar-refractivity contribution in [1.82, 2.24) is 5.32 Å². The van der Waals surface area contributed by atoms with Gasteiger partial charge >= 0.3 is 5.97 Å². The summed E-state index contributed by atoms with van der Waals surface area (Å²) in [5.41, 5.74) is 0. The summed E-state index contributed by atoms with van der Waals surface area (Å²) in [4.78, 5) is 10.2. The quantitative estimate of drug-likeness (QED) is 0.531. The molecule has 0 radical (unpaired) electrons. The summed E-state index contributed by atoms with van der Waals surface area (Å²) in [5, 5.41) is 20.7. The molecular formula is C10H19NO3. The molecule has 0 bridgehead atoms. The van der Waals surface area contributed by atoms with Gasteiger partial charge < -0.3 is 15.5 Å². The SMILES string of the molecule is O=C(O)CCCCCNC1CC(O)C1. The first-order valence-electron chi connectivity index (χ1n) is 5.31. The van der Waals surface area contributed by atoms with Gasteiger partial charge in [-0.05, 0) is 32.2 Å². The number of hydrogen-bond donors (Lipinski definition) is 3. The summed E-state index contributed by atoms with van der Waals surface area (Å²) in [6.07, 6.45) is 4.69. The van der Waals surface area contributed by atoms with Crippen LogP contribution in [0.15, 0.2) is 0 Å². The minimum atomic E-state index is -0.708. The minimum Gasteiger partial charge on any atom is -0.481 e. The molecular weight excluding hydrogens is 182 g/mol. The standard InChI is InChI=1S/C10H19NO3/c12-9-6-8(7-9)11-5-3-1-2-4-10(13)14/h8-9,11-12H,1-7H2,(H,13,14). The number of carboxylic acid groups (broad SMARTS) is 1. The molecule has 1 aliphatic rings. The van der Waals surface area contributed by atoms with E-state index in [-0.39, 0.29) is 12.5 Å². The van der Waals surface area contributed by atoms with Gasteiger partial charge in [-0.15, -0.1) is 0 Å². The van der Waals surface area contributed by atoms with Crippen molar-refractivity contribution in [3.05, 3.63) is 0 Å².